The third kappa shape index (κ3) is 2.04. The van der Waals surface area contributed by atoms with Crippen molar-refractivity contribution in [2.45, 2.75) is 12.6 Å². The van der Waals surface area contributed by atoms with E-state index in [1.807, 2.05) is 0 Å². The van der Waals surface area contributed by atoms with Crippen LogP contribution in [0.15, 0.2) is 29.0 Å². The van der Waals surface area contributed by atoms with Gasteiger partial charge in [0.15, 0.2) is 6.04 Å². The Morgan fingerprint density at radius 1 is 1.38 bits per heavy atom. The van der Waals surface area contributed by atoms with Crippen LogP contribution in [-0.4, -0.2) is 41.9 Å². The number of aromatic amines is 1. The quantitative estimate of drug-likeness (QED) is 0.695. The van der Waals surface area contributed by atoms with E-state index in [1.165, 1.54) is 11.1 Å². The van der Waals surface area contributed by atoms with Gasteiger partial charge in [0.25, 0.3) is 5.91 Å². The minimum Gasteiger partial charge on any atom is -0.479 e. The second-order valence-corrected chi connectivity index (χ2v) is 6.49. The predicted molar refractivity (Wildman–Crippen MR) is 87.3 cm³/mol. The number of hydrogen-bond acceptors (Lipinski definition) is 4. The lowest BCUT2D eigenvalue weighted by Crippen LogP contribution is -2.34. The summed E-state index contributed by atoms with van der Waals surface area (Å²) in [5, 5.41) is 21.2. The predicted octanol–water partition coefficient (Wildman–Crippen LogP) is 1.84. The fraction of sp³-hybridized carbons (Fsp3) is 0.200. The molecule has 4 rings (SSSR count). The van der Waals surface area contributed by atoms with Crippen LogP contribution < -0.4 is 0 Å². The second-order valence-electron chi connectivity index (χ2n) is 5.64. The fourth-order valence-electron chi connectivity index (χ4n) is 3.08. The first kappa shape index (κ1) is 14.9. The molecule has 122 valence electrons. The Hall–Kier alpha value is -2.68. The first-order valence-electron chi connectivity index (χ1n) is 7.14. The molecule has 2 aromatic heterocycles. The van der Waals surface area contributed by atoms with Crippen LogP contribution in [0.1, 0.15) is 27.7 Å². The zero-order valence-corrected chi connectivity index (χ0v) is 14.1. The van der Waals surface area contributed by atoms with E-state index in [-0.39, 0.29) is 12.5 Å². The van der Waals surface area contributed by atoms with Gasteiger partial charge in [-0.15, -0.1) is 0 Å². The molecule has 1 amide bonds. The van der Waals surface area contributed by atoms with E-state index in [4.69, 9.17) is 0 Å². The van der Waals surface area contributed by atoms with Crippen molar-refractivity contribution in [1.29, 1.82) is 0 Å². The molecule has 0 bridgehead atoms. The van der Waals surface area contributed by atoms with Gasteiger partial charge in [-0.05, 0) is 28.1 Å². The van der Waals surface area contributed by atoms with Crippen LogP contribution in [0.25, 0.3) is 10.9 Å². The van der Waals surface area contributed by atoms with Gasteiger partial charge >= 0.3 is 5.97 Å². The molecule has 0 radical (unpaired) electrons. The van der Waals surface area contributed by atoms with Crippen molar-refractivity contribution in [2.75, 3.05) is 0 Å². The van der Waals surface area contributed by atoms with E-state index in [2.05, 4.69) is 31.2 Å². The number of hydrogen-bond donors (Lipinski definition) is 2. The number of H-pyrrole nitrogens is 1. The normalized spacial score (nSPS) is 16.6. The molecule has 0 aliphatic carbocycles. The number of rotatable bonds is 2. The molecular weight excluding hydrogens is 378 g/mol. The van der Waals surface area contributed by atoms with E-state index in [1.54, 1.807) is 30.1 Å². The number of carbonyl (C=O) groups is 2. The van der Waals surface area contributed by atoms with E-state index < -0.39 is 12.0 Å². The minimum atomic E-state index is -1.07. The molecule has 0 saturated carbocycles. The number of amides is 1. The number of benzene rings is 1. The summed E-state index contributed by atoms with van der Waals surface area (Å²) in [4.78, 5) is 26.0. The van der Waals surface area contributed by atoms with Gasteiger partial charge in [-0.25, -0.2) is 4.79 Å². The molecule has 0 spiro atoms. The molecule has 2 N–H and O–H groups in total. The topological polar surface area (TPSA) is 104 Å². The Labute approximate surface area is 144 Å². The Kier molecular flexibility index (Phi) is 3.20. The molecular formula is C15H12BrN5O3. The number of carboxylic acid groups (broad SMARTS) is 1. The lowest BCUT2D eigenvalue weighted by molar-refractivity contribution is -0.142. The summed E-state index contributed by atoms with van der Waals surface area (Å²) in [7, 11) is 1.74. The van der Waals surface area contributed by atoms with Crippen LogP contribution in [0.4, 0.5) is 0 Å². The van der Waals surface area contributed by atoms with E-state index in [0.29, 0.717) is 15.6 Å². The second kappa shape index (κ2) is 5.17. The van der Waals surface area contributed by atoms with Gasteiger partial charge in [-0.2, -0.15) is 10.2 Å². The number of aliphatic carboxylic acids is 1. The highest BCUT2D eigenvalue weighted by Gasteiger charge is 2.41. The largest absolute Gasteiger partial charge is 0.479 e. The van der Waals surface area contributed by atoms with Crippen LogP contribution in [-0.2, 0) is 18.4 Å². The molecule has 1 aliphatic heterocycles. The number of fused-ring (bicyclic) bond motifs is 2. The van der Waals surface area contributed by atoms with Gasteiger partial charge in [0, 0.05) is 28.0 Å². The number of carboxylic acids is 1. The number of nitrogens with one attached hydrogen (secondary N) is 1. The Morgan fingerprint density at radius 3 is 2.92 bits per heavy atom. The maximum absolute atomic E-state index is 12.9. The Morgan fingerprint density at radius 2 is 2.17 bits per heavy atom. The first-order valence-corrected chi connectivity index (χ1v) is 7.94. The molecule has 3 heterocycles. The average Bonchev–Trinajstić information content (AvgIpc) is 3.22. The van der Waals surface area contributed by atoms with Crippen molar-refractivity contribution in [1.82, 2.24) is 24.9 Å². The van der Waals surface area contributed by atoms with Crippen LogP contribution in [0, 0.1) is 0 Å². The SMILES string of the molecule is Cn1ncc2c1CN(C(=O)c1cc(Br)c3[nH]ncc3c1)C2C(=O)O. The smallest absolute Gasteiger partial charge is 0.331 e. The summed E-state index contributed by atoms with van der Waals surface area (Å²) < 4.78 is 2.30. The van der Waals surface area contributed by atoms with Crippen molar-refractivity contribution < 1.29 is 14.7 Å². The molecule has 8 nitrogen and oxygen atoms in total. The summed E-state index contributed by atoms with van der Waals surface area (Å²) in [6, 6.07) is 2.34. The van der Waals surface area contributed by atoms with Crippen molar-refractivity contribution in [3.63, 3.8) is 0 Å². The summed E-state index contributed by atoms with van der Waals surface area (Å²) in [5.41, 5.74) is 2.49. The third-order valence-electron chi connectivity index (χ3n) is 4.26. The highest BCUT2D eigenvalue weighted by molar-refractivity contribution is 9.10. The standard InChI is InChI=1S/C15H12BrN5O3/c1-20-11-6-21(13(15(23)24)9(11)5-18-20)14(22)7-2-8-4-17-19-12(8)10(16)3-7/h2-5,13H,6H2,1H3,(H,17,19)(H,23,24). The first-order chi connectivity index (χ1) is 11.5. The van der Waals surface area contributed by atoms with Gasteiger partial charge in [0.05, 0.1) is 30.1 Å². The zero-order valence-electron chi connectivity index (χ0n) is 12.5. The number of carbonyl (C=O) groups excluding carboxylic acids is 1. The van der Waals surface area contributed by atoms with Crippen molar-refractivity contribution in [2.24, 2.45) is 7.05 Å². The molecule has 1 unspecified atom stereocenters. The van der Waals surface area contributed by atoms with Gasteiger partial charge in [-0.3, -0.25) is 14.6 Å². The van der Waals surface area contributed by atoms with Gasteiger partial charge in [-0.1, -0.05) is 0 Å². The number of nitrogens with zero attached hydrogens (tertiary/aromatic N) is 4. The van der Waals surface area contributed by atoms with Crippen molar-refractivity contribution >= 4 is 38.7 Å². The number of halogens is 1. The lowest BCUT2D eigenvalue weighted by Gasteiger charge is -2.22. The molecule has 9 heteroatoms. The van der Waals surface area contributed by atoms with Crippen LogP contribution >= 0.6 is 15.9 Å². The van der Waals surface area contributed by atoms with E-state index in [0.717, 1.165) is 16.6 Å². The van der Waals surface area contributed by atoms with Crippen LogP contribution in [0.5, 0.6) is 0 Å². The Balaban J connectivity index is 1.77. The maximum Gasteiger partial charge on any atom is 0.331 e. The third-order valence-corrected chi connectivity index (χ3v) is 4.89. The average molecular weight is 390 g/mol. The van der Waals surface area contributed by atoms with E-state index in [9.17, 15) is 14.7 Å². The number of aromatic nitrogens is 4. The minimum absolute atomic E-state index is 0.211. The molecule has 0 fully saturated rings. The van der Waals surface area contributed by atoms with Gasteiger partial charge in [0.2, 0.25) is 0 Å². The van der Waals surface area contributed by atoms with Gasteiger partial charge in [0.1, 0.15) is 0 Å². The zero-order chi connectivity index (χ0) is 17.0. The summed E-state index contributed by atoms with van der Waals surface area (Å²) >= 11 is 3.41. The monoisotopic (exact) mass is 389 g/mol. The Bertz CT molecular complexity index is 992. The van der Waals surface area contributed by atoms with Crippen molar-refractivity contribution in [3.05, 3.63) is 45.8 Å². The highest BCUT2D eigenvalue weighted by atomic mass is 79.9. The van der Waals surface area contributed by atoms with Crippen LogP contribution in [0.2, 0.25) is 0 Å². The van der Waals surface area contributed by atoms with Gasteiger partial charge < -0.3 is 10.0 Å². The van der Waals surface area contributed by atoms with Crippen molar-refractivity contribution in [3.8, 4) is 0 Å². The summed E-state index contributed by atoms with van der Waals surface area (Å²) in [5.74, 6) is -1.42. The van der Waals surface area contributed by atoms with E-state index >= 15 is 0 Å². The molecule has 3 aromatic rings. The number of aryl methyl sites for hydroxylation is 1. The molecule has 24 heavy (non-hydrogen) atoms. The highest BCUT2D eigenvalue weighted by Crippen LogP contribution is 2.35. The summed E-state index contributed by atoms with van der Waals surface area (Å²) in [6.45, 7) is 0.211. The molecule has 1 aliphatic rings. The fourth-order valence-corrected chi connectivity index (χ4v) is 3.65. The maximum atomic E-state index is 12.9. The molecule has 1 atom stereocenters. The lowest BCUT2D eigenvalue weighted by atomic mass is 10.1. The molecule has 0 saturated heterocycles. The molecule has 1 aromatic carbocycles. The van der Waals surface area contributed by atoms with Crippen LogP contribution in [0.3, 0.4) is 0 Å². The summed E-state index contributed by atoms with van der Waals surface area (Å²) in [6.07, 6.45) is 3.13.